The molecule has 0 radical (unpaired) electrons. The van der Waals surface area contributed by atoms with Gasteiger partial charge in [0.05, 0.1) is 23.4 Å². The highest BCUT2D eigenvalue weighted by Gasteiger charge is 2.16. The third kappa shape index (κ3) is 3.49. The number of likely N-dealkylation sites (N-methyl/N-ethyl adjacent to an activating group) is 1. The molecule has 0 aromatic carbocycles. The standard InChI is InChI=1S/C12H13N3O3S/c1-14(6-9-2-3-19-8-9)7-12(16)11-4-10(5-13-11)15(17)18/h2-5,8,13H,6-7H2,1H3. The van der Waals surface area contributed by atoms with Crippen LogP contribution in [0.1, 0.15) is 16.1 Å². The molecule has 0 amide bonds. The van der Waals surface area contributed by atoms with Crippen LogP contribution in [0.2, 0.25) is 0 Å². The predicted molar refractivity (Wildman–Crippen MR) is 72.4 cm³/mol. The summed E-state index contributed by atoms with van der Waals surface area (Å²) in [6, 6.07) is 3.27. The second-order valence-corrected chi connectivity index (χ2v) is 5.04. The van der Waals surface area contributed by atoms with E-state index in [1.165, 1.54) is 12.3 Å². The Hall–Kier alpha value is -1.99. The highest BCUT2D eigenvalue weighted by molar-refractivity contribution is 7.07. The molecular formula is C12H13N3O3S. The number of thiophene rings is 1. The van der Waals surface area contributed by atoms with Gasteiger partial charge in [0.15, 0.2) is 5.78 Å². The zero-order valence-corrected chi connectivity index (χ0v) is 11.1. The summed E-state index contributed by atoms with van der Waals surface area (Å²) in [5.74, 6) is -0.161. The smallest absolute Gasteiger partial charge is 0.287 e. The molecule has 19 heavy (non-hydrogen) atoms. The minimum atomic E-state index is -0.525. The van der Waals surface area contributed by atoms with E-state index in [0.29, 0.717) is 6.54 Å². The first-order valence-electron chi connectivity index (χ1n) is 5.62. The fourth-order valence-corrected chi connectivity index (χ4v) is 2.39. The monoisotopic (exact) mass is 279 g/mol. The van der Waals surface area contributed by atoms with Gasteiger partial charge in [-0.3, -0.25) is 19.8 Å². The van der Waals surface area contributed by atoms with Crippen LogP contribution >= 0.6 is 11.3 Å². The van der Waals surface area contributed by atoms with Crippen LogP contribution < -0.4 is 0 Å². The van der Waals surface area contributed by atoms with Gasteiger partial charge in [0, 0.05) is 12.6 Å². The number of ketones is 1. The summed E-state index contributed by atoms with van der Waals surface area (Å²) in [6.45, 7) is 0.894. The van der Waals surface area contributed by atoms with Crippen molar-refractivity contribution in [3.63, 3.8) is 0 Å². The molecule has 2 rings (SSSR count). The maximum absolute atomic E-state index is 11.9. The minimum absolute atomic E-state index is 0.0937. The molecule has 0 aliphatic rings. The summed E-state index contributed by atoms with van der Waals surface area (Å²) in [5.41, 5.74) is 1.32. The summed E-state index contributed by atoms with van der Waals surface area (Å²) in [6.07, 6.45) is 1.23. The van der Waals surface area contributed by atoms with E-state index < -0.39 is 4.92 Å². The number of nitrogens with one attached hydrogen (secondary N) is 1. The van der Waals surface area contributed by atoms with Crippen molar-refractivity contribution in [2.45, 2.75) is 6.54 Å². The molecule has 0 atom stereocenters. The number of rotatable bonds is 6. The molecule has 0 unspecified atom stereocenters. The van der Waals surface area contributed by atoms with Gasteiger partial charge in [0.25, 0.3) is 5.69 Å². The number of aromatic amines is 1. The van der Waals surface area contributed by atoms with Crippen LogP contribution in [0.25, 0.3) is 0 Å². The van der Waals surface area contributed by atoms with Gasteiger partial charge in [-0.05, 0) is 29.4 Å². The first kappa shape index (κ1) is 13.4. The molecule has 6 nitrogen and oxygen atoms in total. The summed E-state index contributed by atoms with van der Waals surface area (Å²) in [4.78, 5) is 26.4. The zero-order chi connectivity index (χ0) is 13.8. The third-order valence-electron chi connectivity index (χ3n) is 2.63. The topological polar surface area (TPSA) is 79.2 Å². The van der Waals surface area contributed by atoms with Crippen LogP contribution in [-0.4, -0.2) is 34.2 Å². The quantitative estimate of drug-likeness (QED) is 0.500. The van der Waals surface area contributed by atoms with Crippen molar-refractivity contribution in [2.75, 3.05) is 13.6 Å². The molecule has 7 heteroatoms. The first-order valence-corrected chi connectivity index (χ1v) is 6.56. The van der Waals surface area contributed by atoms with Crippen LogP contribution in [0.15, 0.2) is 29.1 Å². The summed E-state index contributed by atoms with van der Waals surface area (Å²) >= 11 is 1.61. The second kappa shape index (κ2) is 5.77. The van der Waals surface area contributed by atoms with Crippen molar-refractivity contribution in [1.82, 2.24) is 9.88 Å². The lowest BCUT2D eigenvalue weighted by Crippen LogP contribution is -2.25. The zero-order valence-electron chi connectivity index (χ0n) is 10.3. The molecule has 2 aromatic rings. The lowest BCUT2D eigenvalue weighted by molar-refractivity contribution is -0.384. The molecule has 0 saturated heterocycles. The highest BCUT2D eigenvalue weighted by Crippen LogP contribution is 2.13. The van der Waals surface area contributed by atoms with Crippen molar-refractivity contribution in [3.8, 4) is 0 Å². The Bertz CT molecular complexity index is 577. The summed E-state index contributed by atoms with van der Waals surface area (Å²) in [7, 11) is 1.84. The van der Waals surface area contributed by atoms with Crippen LogP contribution in [0, 0.1) is 10.1 Å². The fraction of sp³-hybridized carbons (Fsp3) is 0.250. The minimum Gasteiger partial charge on any atom is -0.353 e. The van der Waals surface area contributed by atoms with E-state index in [2.05, 4.69) is 4.98 Å². The molecule has 0 spiro atoms. The van der Waals surface area contributed by atoms with Gasteiger partial charge in [-0.2, -0.15) is 11.3 Å². The van der Waals surface area contributed by atoms with Gasteiger partial charge < -0.3 is 4.98 Å². The number of carbonyl (C=O) groups excluding carboxylic acids is 1. The van der Waals surface area contributed by atoms with Crippen molar-refractivity contribution < 1.29 is 9.72 Å². The largest absolute Gasteiger partial charge is 0.353 e. The number of nitro groups is 1. The predicted octanol–water partition coefficient (Wildman–Crippen LogP) is 2.30. The van der Waals surface area contributed by atoms with Crippen molar-refractivity contribution in [2.24, 2.45) is 0 Å². The van der Waals surface area contributed by atoms with Crippen molar-refractivity contribution in [3.05, 3.63) is 50.5 Å². The average Bonchev–Trinajstić information content (AvgIpc) is 2.98. The number of carbonyl (C=O) groups is 1. The van der Waals surface area contributed by atoms with Crippen LogP contribution in [0.5, 0.6) is 0 Å². The van der Waals surface area contributed by atoms with Crippen LogP contribution in [-0.2, 0) is 6.54 Å². The Balaban J connectivity index is 1.94. The third-order valence-corrected chi connectivity index (χ3v) is 3.36. The number of nitrogens with zero attached hydrogens (tertiary/aromatic N) is 2. The SMILES string of the molecule is CN(CC(=O)c1cc([N+](=O)[O-])c[nH]1)Cc1ccsc1. The molecule has 0 aliphatic heterocycles. The number of hydrogen-bond acceptors (Lipinski definition) is 5. The van der Waals surface area contributed by atoms with E-state index in [1.807, 2.05) is 28.8 Å². The van der Waals surface area contributed by atoms with Crippen molar-refractivity contribution in [1.29, 1.82) is 0 Å². The van der Waals surface area contributed by atoms with Gasteiger partial charge in [-0.25, -0.2) is 0 Å². The van der Waals surface area contributed by atoms with Gasteiger partial charge in [0.1, 0.15) is 0 Å². The van der Waals surface area contributed by atoms with E-state index in [9.17, 15) is 14.9 Å². The Kier molecular flexibility index (Phi) is 4.08. The van der Waals surface area contributed by atoms with Gasteiger partial charge in [0.2, 0.25) is 0 Å². The number of H-pyrrole nitrogens is 1. The van der Waals surface area contributed by atoms with Gasteiger partial charge in [-0.1, -0.05) is 0 Å². The van der Waals surface area contributed by atoms with E-state index in [-0.39, 0.29) is 23.7 Å². The summed E-state index contributed by atoms with van der Waals surface area (Å²) < 4.78 is 0. The number of aromatic nitrogens is 1. The normalized spacial score (nSPS) is 10.8. The maximum Gasteiger partial charge on any atom is 0.287 e. The Labute approximate surface area is 113 Å². The van der Waals surface area contributed by atoms with Gasteiger partial charge in [-0.15, -0.1) is 0 Å². The van der Waals surface area contributed by atoms with Crippen molar-refractivity contribution >= 4 is 22.8 Å². The Morgan fingerprint density at radius 1 is 1.58 bits per heavy atom. The lowest BCUT2D eigenvalue weighted by Gasteiger charge is -2.14. The van der Waals surface area contributed by atoms with Crippen LogP contribution in [0.4, 0.5) is 5.69 Å². The van der Waals surface area contributed by atoms with Gasteiger partial charge >= 0.3 is 0 Å². The van der Waals surface area contributed by atoms with Crippen LogP contribution in [0.3, 0.4) is 0 Å². The Morgan fingerprint density at radius 2 is 2.37 bits per heavy atom. The molecule has 100 valence electrons. The van der Waals surface area contributed by atoms with E-state index in [1.54, 1.807) is 11.3 Å². The number of Topliss-reactive ketones (excluding diaryl/α,β-unsaturated/α-hetero) is 1. The van der Waals surface area contributed by atoms with E-state index >= 15 is 0 Å². The molecule has 2 aromatic heterocycles. The summed E-state index contributed by atoms with van der Waals surface area (Å²) in [5, 5.41) is 14.5. The molecular weight excluding hydrogens is 266 g/mol. The van der Waals surface area contributed by atoms with E-state index in [4.69, 9.17) is 0 Å². The van der Waals surface area contributed by atoms with E-state index in [0.717, 1.165) is 5.56 Å². The second-order valence-electron chi connectivity index (χ2n) is 4.26. The molecule has 2 heterocycles. The first-order chi connectivity index (χ1) is 9.06. The average molecular weight is 279 g/mol. The molecule has 0 bridgehead atoms. The highest BCUT2D eigenvalue weighted by atomic mass is 32.1. The fourth-order valence-electron chi connectivity index (χ4n) is 1.73. The molecule has 1 N–H and O–H groups in total. The Morgan fingerprint density at radius 3 is 2.95 bits per heavy atom. The molecule has 0 fully saturated rings. The molecule has 0 saturated carbocycles. The molecule has 0 aliphatic carbocycles. The maximum atomic E-state index is 11.9. The number of hydrogen-bond donors (Lipinski definition) is 1. The lowest BCUT2D eigenvalue weighted by atomic mass is 10.2.